The minimum atomic E-state index is -1.10. The highest BCUT2D eigenvalue weighted by atomic mass is 35.5. The fraction of sp³-hybridized carbons (Fsp3) is 0.125. The number of ketones is 1. The average Bonchev–Trinajstić information content (AvgIpc) is 2.40. The first-order valence-corrected chi connectivity index (χ1v) is 6.48. The molecule has 0 spiro atoms. The predicted octanol–water partition coefficient (Wildman–Crippen LogP) is 3.83. The quantitative estimate of drug-likeness (QED) is 0.870. The molecule has 0 radical (unpaired) electrons. The molecule has 20 heavy (non-hydrogen) atoms. The highest BCUT2D eigenvalue weighted by Crippen LogP contribution is 2.23. The molecule has 0 bridgehead atoms. The topological polar surface area (TPSA) is 54.4 Å². The van der Waals surface area contributed by atoms with E-state index in [1.54, 1.807) is 18.2 Å². The van der Waals surface area contributed by atoms with E-state index in [2.05, 4.69) is 0 Å². The van der Waals surface area contributed by atoms with Crippen molar-refractivity contribution in [3.8, 4) is 0 Å². The number of carboxylic acid groups (broad SMARTS) is 1. The fourth-order valence-corrected chi connectivity index (χ4v) is 2.34. The van der Waals surface area contributed by atoms with Crippen molar-refractivity contribution in [1.82, 2.24) is 0 Å². The molecular formula is C16H13ClO3. The van der Waals surface area contributed by atoms with Crippen molar-refractivity contribution >= 4 is 23.4 Å². The Labute approximate surface area is 121 Å². The van der Waals surface area contributed by atoms with Crippen molar-refractivity contribution in [1.29, 1.82) is 0 Å². The standard InChI is InChI=1S/C16H13ClO3/c1-10(18)13-7-4-6-12(15(13)16(19)20)9-11-5-2-3-8-14(11)17/h2-8H,9H2,1H3,(H,19,20). The number of hydrogen-bond acceptors (Lipinski definition) is 2. The minimum Gasteiger partial charge on any atom is -0.478 e. The van der Waals surface area contributed by atoms with Crippen LogP contribution in [-0.2, 0) is 6.42 Å². The third-order valence-electron chi connectivity index (χ3n) is 3.08. The van der Waals surface area contributed by atoms with Gasteiger partial charge in [-0.25, -0.2) is 4.79 Å². The van der Waals surface area contributed by atoms with Crippen LogP contribution in [-0.4, -0.2) is 16.9 Å². The van der Waals surface area contributed by atoms with E-state index in [-0.39, 0.29) is 16.9 Å². The van der Waals surface area contributed by atoms with Crippen LogP contribution >= 0.6 is 11.6 Å². The smallest absolute Gasteiger partial charge is 0.336 e. The molecule has 3 nitrogen and oxygen atoms in total. The molecule has 0 saturated carbocycles. The lowest BCUT2D eigenvalue weighted by Crippen LogP contribution is -2.10. The summed E-state index contributed by atoms with van der Waals surface area (Å²) in [6.07, 6.45) is 0.377. The van der Waals surface area contributed by atoms with Crippen molar-refractivity contribution in [3.63, 3.8) is 0 Å². The van der Waals surface area contributed by atoms with Crippen LogP contribution in [0.25, 0.3) is 0 Å². The Bertz CT molecular complexity index is 677. The number of Topliss-reactive ketones (excluding diaryl/α,β-unsaturated/α-hetero) is 1. The Morgan fingerprint density at radius 1 is 1.05 bits per heavy atom. The van der Waals surface area contributed by atoms with E-state index >= 15 is 0 Å². The Kier molecular flexibility index (Phi) is 4.20. The molecule has 2 aromatic rings. The van der Waals surface area contributed by atoms with E-state index in [0.717, 1.165) is 5.56 Å². The molecule has 102 valence electrons. The summed E-state index contributed by atoms with van der Waals surface area (Å²) in [7, 11) is 0. The Morgan fingerprint density at radius 3 is 2.30 bits per heavy atom. The van der Waals surface area contributed by atoms with Crippen LogP contribution in [0.1, 0.15) is 38.8 Å². The van der Waals surface area contributed by atoms with Gasteiger partial charge in [0.15, 0.2) is 5.78 Å². The van der Waals surface area contributed by atoms with Crippen LogP contribution in [0.2, 0.25) is 5.02 Å². The summed E-state index contributed by atoms with van der Waals surface area (Å²) in [5.74, 6) is -1.36. The van der Waals surface area contributed by atoms with Gasteiger partial charge < -0.3 is 5.11 Å². The monoisotopic (exact) mass is 288 g/mol. The second kappa shape index (κ2) is 5.88. The predicted molar refractivity (Wildman–Crippen MR) is 77.7 cm³/mol. The van der Waals surface area contributed by atoms with Crippen molar-refractivity contribution in [2.24, 2.45) is 0 Å². The molecule has 1 N–H and O–H groups in total. The zero-order valence-electron chi connectivity index (χ0n) is 10.9. The summed E-state index contributed by atoms with van der Waals surface area (Å²) in [5.41, 5.74) is 1.69. The number of carbonyl (C=O) groups is 2. The Balaban J connectivity index is 2.52. The van der Waals surface area contributed by atoms with Crippen molar-refractivity contribution in [2.75, 3.05) is 0 Å². The lowest BCUT2D eigenvalue weighted by Gasteiger charge is -2.10. The van der Waals surface area contributed by atoms with Crippen molar-refractivity contribution < 1.29 is 14.7 Å². The fourth-order valence-electron chi connectivity index (χ4n) is 2.14. The molecule has 0 atom stereocenters. The molecule has 0 saturated heterocycles. The van der Waals surface area contributed by atoms with Gasteiger partial charge in [0.25, 0.3) is 0 Å². The van der Waals surface area contributed by atoms with E-state index in [9.17, 15) is 14.7 Å². The third-order valence-corrected chi connectivity index (χ3v) is 3.45. The van der Waals surface area contributed by atoms with Crippen LogP contribution < -0.4 is 0 Å². The number of halogens is 1. The number of rotatable bonds is 4. The lowest BCUT2D eigenvalue weighted by atomic mass is 9.94. The van der Waals surface area contributed by atoms with E-state index in [1.807, 2.05) is 18.2 Å². The first-order valence-electron chi connectivity index (χ1n) is 6.10. The molecule has 0 aliphatic carbocycles. The number of carboxylic acids is 1. The molecule has 0 amide bonds. The van der Waals surface area contributed by atoms with Crippen LogP contribution in [0.4, 0.5) is 0 Å². The van der Waals surface area contributed by atoms with Gasteiger partial charge in [0, 0.05) is 10.6 Å². The van der Waals surface area contributed by atoms with Crippen molar-refractivity contribution in [2.45, 2.75) is 13.3 Å². The van der Waals surface area contributed by atoms with E-state index in [0.29, 0.717) is 17.0 Å². The van der Waals surface area contributed by atoms with Crippen molar-refractivity contribution in [3.05, 3.63) is 69.7 Å². The maximum atomic E-state index is 11.6. The normalized spacial score (nSPS) is 10.3. The van der Waals surface area contributed by atoms with Gasteiger partial charge in [-0.15, -0.1) is 0 Å². The van der Waals surface area contributed by atoms with Gasteiger partial charge in [-0.3, -0.25) is 4.79 Å². The number of benzene rings is 2. The molecule has 0 fully saturated rings. The number of aromatic carboxylic acids is 1. The van der Waals surface area contributed by atoms with Crippen LogP contribution in [0.15, 0.2) is 42.5 Å². The molecule has 0 aliphatic rings. The number of carbonyl (C=O) groups excluding carboxylic acids is 1. The van der Waals surface area contributed by atoms with E-state index in [4.69, 9.17) is 11.6 Å². The number of hydrogen-bond donors (Lipinski definition) is 1. The molecule has 0 unspecified atom stereocenters. The molecular weight excluding hydrogens is 276 g/mol. The van der Waals surface area contributed by atoms with Crippen LogP contribution in [0.3, 0.4) is 0 Å². The van der Waals surface area contributed by atoms with Gasteiger partial charge >= 0.3 is 5.97 Å². The highest BCUT2D eigenvalue weighted by Gasteiger charge is 2.18. The maximum Gasteiger partial charge on any atom is 0.336 e. The summed E-state index contributed by atoms with van der Waals surface area (Å²) < 4.78 is 0. The summed E-state index contributed by atoms with van der Waals surface area (Å²) in [6.45, 7) is 1.36. The average molecular weight is 289 g/mol. The minimum absolute atomic E-state index is 0.0555. The maximum absolute atomic E-state index is 11.6. The highest BCUT2D eigenvalue weighted by molar-refractivity contribution is 6.31. The molecule has 0 aliphatic heterocycles. The summed E-state index contributed by atoms with van der Waals surface area (Å²) in [4.78, 5) is 23.0. The van der Waals surface area contributed by atoms with Gasteiger partial charge in [0.1, 0.15) is 0 Å². The summed E-state index contributed by atoms with van der Waals surface area (Å²) >= 11 is 6.09. The molecule has 2 aromatic carbocycles. The lowest BCUT2D eigenvalue weighted by molar-refractivity contribution is 0.0691. The summed E-state index contributed by atoms with van der Waals surface area (Å²) in [5, 5.41) is 9.94. The van der Waals surface area contributed by atoms with Gasteiger partial charge in [0.2, 0.25) is 0 Å². The summed E-state index contributed by atoms with van der Waals surface area (Å²) in [6, 6.07) is 12.2. The van der Waals surface area contributed by atoms with Gasteiger partial charge in [-0.05, 0) is 30.5 Å². The largest absolute Gasteiger partial charge is 0.478 e. The van der Waals surface area contributed by atoms with Gasteiger partial charge in [-0.1, -0.05) is 48.0 Å². The molecule has 4 heteroatoms. The first kappa shape index (κ1) is 14.3. The SMILES string of the molecule is CC(=O)c1cccc(Cc2ccccc2Cl)c1C(=O)O. The van der Waals surface area contributed by atoms with Crippen LogP contribution in [0.5, 0.6) is 0 Å². The van der Waals surface area contributed by atoms with Gasteiger partial charge in [0.05, 0.1) is 5.56 Å². The zero-order valence-corrected chi connectivity index (χ0v) is 11.6. The Morgan fingerprint density at radius 2 is 1.70 bits per heavy atom. The molecule has 2 rings (SSSR count). The molecule has 0 aromatic heterocycles. The zero-order chi connectivity index (χ0) is 14.7. The van der Waals surface area contributed by atoms with Gasteiger partial charge in [-0.2, -0.15) is 0 Å². The second-order valence-corrected chi connectivity index (χ2v) is 4.88. The van der Waals surface area contributed by atoms with E-state index in [1.165, 1.54) is 13.0 Å². The Hall–Kier alpha value is -2.13. The van der Waals surface area contributed by atoms with Crippen LogP contribution in [0, 0.1) is 0 Å². The first-order chi connectivity index (χ1) is 9.50. The second-order valence-electron chi connectivity index (χ2n) is 4.47. The third kappa shape index (κ3) is 2.89. The van der Waals surface area contributed by atoms with E-state index < -0.39 is 5.97 Å². The molecule has 0 heterocycles.